The number of aliphatic imine (C=N–C) groups is 1. The van der Waals surface area contributed by atoms with Crippen molar-refractivity contribution < 1.29 is 23.1 Å². The molecule has 38 heavy (non-hydrogen) atoms. The number of aromatic nitrogens is 1. The van der Waals surface area contributed by atoms with Gasteiger partial charge in [0.05, 0.1) is 34.5 Å². The summed E-state index contributed by atoms with van der Waals surface area (Å²) in [5.74, 6) is -0.386. The number of nitrogens with zero attached hydrogens (tertiary/aromatic N) is 4. The molecule has 204 valence electrons. The number of amidine groups is 1. The van der Waals surface area contributed by atoms with E-state index in [-0.39, 0.29) is 31.3 Å². The standard InChI is InChI=1S/C26H33N5O5S2/c1-15-20(37-14-27-15)16-6-8-17(9-7-16)26(4)24(34)28-22(29-26)19-12-18(32)13-30(19)23(33)21-25(2,3)10-11-31(21)38(5,35)36/h6-9,14,18-19,21,32H,10-13H2,1-5H3,(H,28,29,34)/t18-,19-,21+,26+/m1/s1. The second kappa shape index (κ2) is 9.22. The third-order valence-corrected chi connectivity index (χ3v) is 10.2. The summed E-state index contributed by atoms with van der Waals surface area (Å²) in [6.45, 7) is 7.74. The first-order valence-electron chi connectivity index (χ1n) is 12.6. The Labute approximate surface area is 226 Å². The topological polar surface area (TPSA) is 132 Å². The van der Waals surface area contributed by atoms with Crippen LogP contribution in [0.4, 0.5) is 0 Å². The summed E-state index contributed by atoms with van der Waals surface area (Å²) in [6.07, 6.45) is 1.05. The number of benzene rings is 1. The Kier molecular flexibility index (Phi) is 6.53. The van der Waals surface area contributed by atoms with Gasteiger partial charge in [0.15, 0.2) is 5.54 Å². The molecule has 12 heteroatoms. The van der Waals surface area contributed by atoms with Crippen LogP contribution < -0.4 is 5.32 Å². The molecule has 1 aromatic heterocycles. The number of amides is 2. The van der Waals surface area contributed by atoms with Gasteiger partial charge < -0.3 is 15.3 Å². The fraction of sp³-hybridized carbons (Fsp3) is 0.538. The fourth-order valence-corrected chi connectivity index (χ4v) is 7.77. The van der Waals surface area contributed by atoms with Crippen molar-refractivity contribution in [1.29, 1.82) is 0 Å². The molecule has 2 N–H and O–H groups in total. The predicted octanol–water partition coefficient (Wildman–Crippen LogP) is 1.88. The molecule has 3 aliphatic rings. The Bertz CT molecular complexity index is 1420. The van der Waals surface area contributed by atoms with Crippen LogP contribution in [0.25, 0.3) is 10.4 Å². The third-order valence-electron chi connectivity index (χ3n) is 8.02. The number of sulfonamides is 1. The van der Waals surface area contributed by atoms with E-state index >= 15 is 0 Å². The van der Waals surface area contributed by atoms with E-state index in [2.05, 4.69) is 10.3 Å². The van der Waals surface area contributed by atoms with E-state index in [9.17, 15) is 23.1 Å². The molecule has 0 unspecified atom stereocenters. The predicted molar refractivity (Wildman–Crippen MR) is 145 cm³/mol. The third kappa shape index (κ3) is 4.47. The van der Waals surface area contributed by atoms with Crippen molar-refractivity contribution in [1.82, 2.24) is 19.5 Å². The maximum absolute atomic E-state index is 13.9. The van der Waals surface area contributed by atoms with Gasteiger partial charge >= 0.3 is 0 Å². The molecule has 0 bridgehead atoms. The van der Waals surface area contributed by atoms with Gasteiger partial charge in [-0.25, -0.2) is 18.4 Å². The number of carbonyl (C=O) groups is 2. The van der Waals surface area contributed by atoms with Gasteiger partial charge in [0.2, 0.25) is 15.9 Å². The second-order valence-electron chi connectivity index (χ2n) is 11.3. The zero-order valence-corrected chi connectivity index (χ0v) is 23.8. The van der Waals surface area contributed by atoms with E-state index in [0.717, 1.165) is 22.4 Å². The van der Waals surface area contributed by atoms with Crippen molar-refractivity contribution >= 4 is 39.0 Å². The summed E-state index contributed by atoms with van der Waals surface area (Å²) in [6, 6.07) is 6.07. The molecule has 4 atom stereocenters. The van der Waals surface area contributed by atoms with Crippen molar-refractivity contribution in [2.75, 3.05) is 19.3 Å². The average Bonchev–Trinajstić information content (AvgIpc) is 3.59. The smallest absolute Gasteiger partial charge is 0.257 e. The van der Waals surface area contributed by atoms with Gasteiger partial charge in [0.25, 0.3) is 5.91 Å². The van der Waals surface area contributed by atoms with Gasteiger partial charge in [-0.15, -0.1) is 11.3 Å². The Morgan fingerprint density at radius 3 is 2.50 bits per heavy atom. The van der Waals surface area contributed by atoms with Gasteiger partial charge in [-0.2, -0.15) is 4.31 Å². The summed E-state index contributed by atoms with van der Waals surface area (Å²) < 4.78 is 26.2. The largest absolute Gasteiger partial charge is 0.391 e. The van der Waals surface area contributed by atoms with Gasteiger partial charge in [-0.05, 0) is 36.8 Å². The molecule has 2 saturated heterocycles. The number of carbonyl (C=O) groups excluding carboxylic acids is 2. The van der Waals surface area contributed by atoms with Crippen molar-refractivity contribution in [3.05, 3.63) is 41.0 Å². The van der Waals surface area contributed by atoms with Crippen LogP contribution in [0.15, 0.2) is 34.8 Å². The lowest BCUT2D eigenvalue weighted by Crippen LogP contribution is -2.55. The molecule has 0 saturated carbocycles. The first-order valence-corrected chi connectivity index (χ1v) is 15.3. The maximum atomic E-state index is 13.9. The monoisotopic (exact) mass is 559 g/mol. The second-order valence-corrected chi connectivity index (χ2v) is 14.1. The number of likely N-dealkylation sites (tertiary alicyclic amines) is 1. The van der Waals surface area contributed by atoms with Crippen LogP contribution in [-0.4, -0.2) is 82.9 Å². The molecule has 5 rings (SSSR count). The van der Waals surface area contributed by atoms with Gasteiger partial charge in [-0.3, -0.25) is 9.59 Å². The molecule has 2 aromatic rings. The normalized spacial score (nSPS) is 29.5. The highest BCUT2D eigenvalue weighted by Gasteiger charge is 2.53. The molecule has 0 radical (unpaired) electrons. The minimum atomic E-state index is -3.61. The Morgan fingerprint density at radius 1 is 1.21 bits per heavy atom. The van der Waals surface area contributed by atoms with E-state index in [1.54, 1.807) is 23.8 Å². The van der Waals surface area contributed by atoms with Crippen molar-refractivity contribution in [2.45, 2.75) is 64.3 Å². The van der Waals surface area contributed by atoms with Crippen molar-refractivity contribution in [3.63, 3.8) is 0 Å². The van der Waals surface area contributed by atoms with Gasteiger partial charge in [-0.1, -0.05) is 38.1 Å². The van der Waals surface area contributed by atoms with E-state index in [0.29, 0.717) is 17.8 Å². The molecule has 2 amide bonds. The number of β-amino-alcohol motifs (C(OH)–C–C–N with tert-alkyl or cyclic N) is 1. The molecule has 3 aliphatic heterocycles. The highest BCUT2D eigenvalue weighted by atomic mass is 32.2. The highest BCUT2D eigenvalue weighted by molar-refractivity contribution is 7.88. The lowest BCUT2D eigenvalue weighted by atomic mass is 9.84. The number of aryl methyl sites for hydroxylation is 1. The quantitative estimate of drug-likeness (QED) is 0.575. The van der Waals surface area contributed by atoms with Crippen LogP contribution in [0.3, 0.4) is 0 Å². The lowest BCUT2D eigenvalue weighted by Gasteiger charge is -2.35. The first-order chi connectivity index (χ1) is 17.7. The van der Waals surface area contributed by atoms with Gasteiger partial charge in [0.1, 0.15) is 11.9 Å². The number of hydrogen-bond donors (Lipinski definition) is 2. The highest BCUT2D eigenvalue weighted by Crippen LogP contribution is 2.40. The number of aliphatic hydroxyl groups excluding tert-OH is 1. The minimum absolute atomic E-state index is 0.0438. The summed E-state index contributed by atoms with van der Waals surface area (Å²) in [4.78, 5) is 38.7. The molecule has 2 fully saturated rings. The number of nitrogens with one attached hydrogen (secondary N) is 1. The molecule has 10 nitrogen and oxygen atoms in total. The van der Waals surface area contributed by atoms with Gasteiger partial charge in [0, 0.05) is 19.5 Å². The number of rotatable bonds is 5. The number of hydrogen-bond acceptors (Lipinski definition) is 8. The van der Waals surface area contributed by atoms with Crippen molar-refractivity contribution in [3.8, 4) is 10.4 Å². The first kappa shape index (κ1) is 26.9. The fourth-order valence-electron chi connectivity index (χ4n) is 5.78. The zero-order valence-electron chi connectivity index (χ0n) is 22.1. The summed E-state index contributed by atoms with van der Waals surface area (Å²) in [5.41, 5.74) is 2.66. The van der Waals surface area contributed by atoms with Crippen LogP contribution in [0, 0.1) is 12.3 Å². The summed E-state index contributed by atoms with van der Waals surface area (Å²) in [7, 11) is -3.61. The Morgan fingerprint density at radius 2 is 1.89 bits per heavy atom. The zero-order chi connectivity index (χ0) is 27.6. The van der Waals surface area contributed by atoms with E-state index in [1.807, 2.05) is 45.0 Å². The minimum Gasteiger partial charge on any atom is -0.391 e. The maximum Gasteiger partial charge on any atom is 0.257 e. The molecular formula is C26H33N5O5S2. The summed E-state index contributed by atoms with van der Waals surface area (Å²) >= 11 is 1.55. The van der Waals surface area contributed by atoms with Crippen LogP contribution in [0.2, 0.25) is 0 Å². The summed E-state index contributed by atoms with van der Waals surface area (Å²) in [5, 5.41) is 13.4. The van der Waals surface area contributed by atoms with Crippen LogP contribution in [0.1, 0.15) is 44.9 Å². The molecular weight excluding hydrogens is 526 g/mol. The van der Waals surface area contributed by atoms with E-state index in [4.69, 9.17) is 4.99 Å². The molecule has 1 aromatic carbocycles. The van der Waals surface area contributed by atoms with E-state index < -0.39 is 39.2 Å². The molecule has 4 heterocycles. The SMILES string of the molecule is Cc1ncsc1-c1ccc([C@]2(C)N=C([C@H]3C[C@@H](O)CN3C(=O)[C@@H]3N(S(C)(=O)=O)CCC3(C)C)NC2=O)cc1. The van der Waals surface area contributed by atoms with Crippen LogP contribution in [-0.2, 0) is 25.2 Å². The molecule has 0 spiro atoms. The Hall–Kier alpha value is -2.67. The average molecular weight is 560 g/mol. The number of aliphatic hydroxyl groups is 1. The molecule has 0 aliphatic carbocycles. The number of thiazole rings is 1. The van der Waals surface area contributed by atoms with Crippen LogP contribution in [0.5, 0.6) is 0 Å². The lowest BCUT2D eigenvalue weighted by molar-refractivity contribution is -0.137. The Balaban J connectivity index is 1.45. The van der Waals surface area contributed by atoms with E-state index in [1.165, 1.54) is 9.21 Å². The van der Waals surface area contributed by atoms with Crippen molar-refractivity contribution in [2.24, 2.45) is 10.4 Å². The van der Waals surface area contributed by atoms with Crippen LogP contribution >= 0.6 is 11.3 Å².